The Kier molecular flexibility index (Phi) is 4.71. The van der Waals surface area contributed by atoms with Gasteiger partial charge in [-0.15, -0.1) is 10.2 Å². The summed E-state index contributed by atoms with van der Waals surface area (Å²) in [5, 5.41) is 7.94. The second-order valence-electron chi connectivity index (χ2n) is 6.95. The summed E-state index contributed by atoms with van der Waals surface area (Å²) in [7, 11) is 0. The van der Waals surface area contributed by atoms with Gasteiger partial charge in [0.1, 0.15) is 17.5 Å². The van der Waals surface area contributed by atoms with Crippen molar-refractivity contribution in [3.05, 3.63) is 65.1 Å². The lowest BCUT2D eigenvalue weighted by Gasteiger charge is -2.32. The first kappa shape index (κ1) is 19.3. The molecule has 29 heavy (non-hydrogen) atoms. The van der Waals surface area contributed by atoms with Gasteiger partial charge in [-0.2, -0.15) is 13.2 Å². The number of hydrogen-bond acceptors (Lipinski definition) is 3. The van der Waals surface area contributed by atoms with Crippen LogP contribution in [0.4, 0.5) is 22.0 Å². The summed E-state index contributed by atoms with van der Waals surface area (Å²) < 4.78 is 67.3. The molecule has 2 aromatic heterocycles. The smallest absolute Gasteiger partial charge is 0.338 e. The fourth-order valence-corrected chi connectivity index (χ4v) is 3.59. The summed E-state index contributed by atoms with van der Waals surface area (Å²) in [6, 6.07) is 4.76. The molecule has 5 nitrogen and oxygen atoms in total. The van der Waals surface area contributed by atoms with Crippen LogP contribution in [0.25, 0.3) is 5.65 Å². The maximum atomic E-state index is 13.4. The molecule has 1 fully saturated rings. The maximum Gasteiger partial charge on any atom is 0.417 e. The Bertz CT molecular complexity index is 1060. The summed E-state index contributed by atoms with van der Waals surface area (Å²) in [4.78, 5) is 14.1. The van der Waals surface area contributed by atoms with Gasteiger partial charge in [0.25, 0.3) is 5.91 Å². The summed E-state index contributed by atoms with van der Waals surface area (Å²) in [5.41, 5.74) is -0.678. The molecule has 152 valence electrons. The number of alkyl halides is 3. The normalized spacial score (nSPS) is 17.7. The van der Waals surface area contributed by atoms with Crippen LogP contribution in [-0.2, 0) is 6.18 Å². The van der Waals surface area contributed by atoms with E-state index in [1.165, 1.54) is 15.4 Å². The summed E-state index contributed by atoms with van der Waals surface area (Å²) >= 11 is 0. The Balaban J connectivity index is 1.62. The molecular formula is C19H15F5N4O. The van der Waals surface area contributed by atoms with Crippen LogP contribution in [0.3, 0.4) is 0 Å². The molecule has 0 radical (unpaired) electrons. The highest BCUT2D eigenvalue weighted by Crippen LogP contribution is 2.31. The van der Waals surface area contributed by atoms with Gasteiger partial charge in [0, 0.05) is 36.8 Å². The van der Waals surface area contributed by atoms with Crippen LogP contribution >= 0.6 is 0 Å². The van der Waals surface area contributed by atoms with Crippen LogP contribution < -0.4 is 0 Å². The highest BCUT2D eigenvalue weighted by atomic mass is 19.4. The molecular weight excluding hydrogens is 395 g/mol. The number of hydrogen-bond donors (Lipinski definition) is 0. The van der Waals surface area contributed by atoms with Crippen molar-refractivity contribution in [1.82, 2.24) is 19.5 Å². The van der Waals surface area contributed by atoms with Gasteiger partial charge in [-0.25, -0.2) is 8.78 Å². The molecule has 0 N–H and O–H groups in total. The lowest BCUT2D eigenvalue weighted by Crippen LogP contribution is -2.39. The van der Waals surface area contributed by atoms with Crippen LogP contribution in [-0.4, -0.2) is 38.5 Å². The van der Waals surface area contributed by atoms with E-state index in [2.05, 4.69) is 10.2 Å². The summed E-state index contributed by atoms with van der Waals surface area (Å²) in [6.07, 6.45) is -2.40. The molecule has 1 aliphatic heterocycles. The second-order valence-corrected chi connectivity index (χ2v) is 6.95. The Labute approximate surface area is 161 Å². The third-order valence-corrected chi connectivity index (χ3v) is 4.94. The van der Waals surface area contributed by atoms with E-state index in [1.807, 2.05) is 0 Å². The van der Waals surface area contributed by atoms with Crippen LogP contribution in [0, 0.1) is 11.6 Å². The van der Waals surface area contributed by atoms with Gasteiger partial charge in [0.2, 0.25) is 0 Å². The average Bonchev–Trinajstić information content (AvgIpc) is 3.09. The van der Waals surface area contributed by atoms with Crippen LogP contribution in [0.2, 0.25) is 0 Å². The van der Waals surface area contributed by atoms with Crippen molar-refractivity contribution in [1.29, 1.82) is 0 Å². The minimum atomic E-state index is -4.51. The Morgan fingerprint density at radius 2 is 1.79 bits per heavy atom. The first-order valence-electron chi connectivity index (χ1n) is 8.89. The number of amides is 1. The first-order valence-corrected chi connectivity index (χ1v) is 8.89. The van der Waals surface area contributed by atoms with E-state index in [0.29, 0.717) is 31.3 Å². The zero-order valence-corrected chi connectivity index (χ0v) is 15.0. The maximum absolute atomic E-state index is 13.4. The lowest BCUT2D eigenvalue weighted by atomic mass is 9.96. The zero-order chi connectivity index (χ0) is 20.8. The fraction of sp³-hybridized carbons (Fsp3) is 0.316. The van der Waals surface area contributed by atoms with Crippen LogP contribution in [0.1, 0.15) is 40.5 Å². The summed E-state index contributed by atoms with van der Waals surface area (Å²) in [6.45, 7) is 0.534. The molecule has 1 saturated heterocycles. The number of carbonyl (C=O) groups is 1. The zero-order valence-electron chi connectivity index (χ0n) is 15.0. The number of benzene rings is 1. The largest absolute Gasteiger partial charge is 0.417 e. The quantitative estimate of drug-likeness (QED) is 0.599. The topological polar surface area (TPSA) is 50.5 Å². The summed E-state index contributed by atoms with van der Waals surface area (Å²) in [5.74, 6) is -2.30. The Morgan fingerprint density at radius 3 is 2.48 bits per heavy atom. The first-order chi connectivity index (χ1) is 13.7. The van der Waals surface area contributed by atoms with Gasteiger partial charge in [-0.05, 0) is 37.1 Å². The fourth-order valence-electron chi connectivity index (χ4n) is 3.59. The third kappa shape index (κ3) is 3.79. The van der Waals surface area contributed by atoms with Crippen LogP contribution in [0.15, 0.2) is 36.5 Å². The third-order valence-electron chi connectivity index (χ3n) is 4.94. The number of halogens is 5. The SMILES string of the molecule is O=C(c1cc(F)cc(F)c1)N1CCCC(c2nnc3ccc(C(F)(F)F)cn23)C1. The molecule has 4 rings (SSSR count). The second kappa shape index (κ2) is 7.09. The molecule has 0 spiro atoms. The number of piperidine rings is 1. The monoisotopic (exact) mass is 410 g/mol. The lowest BCUT2D eigenvalue weighted by molar-refractivity contribution is -0.137. The van der Waals surface area contributed by atoms with E-state index in [1.54, 1.807) is 0 Å². The van der Waals surface area contributed by atoms with Gasteiger partial charge < -0.3 is 4.90 Å². The van der Waals surface area contributed by atoms with Crippen molar-refractivity contribution in [3.63, 3.8) is 0 Å². The Morgan fingerprint density at radius 1 is 1.07 bits per heavy atom. The molecule has 0 bridgehead atoms. The van der Waals surface area contributed by atoms with Crippen LogP contribution in [0.5, 0.6) is 0 Å². The molecule has 1 amide bonds. The molecule has 0 saturated carbocycles. The predicted octanol–water partition coefficient (Wildman–Crippen LogP) is 4.05. The number of pyridine rings is 1. The van der Waals surface area contributed by atoms with Crippen molar-refractivity contribution in [3.8, 4) is 0 Å². The van der Waals surface area contributed by atoms with Gasteiger partial charge in [-0.3, -0.25) is 9.20 Å². The van der Waals surface area contributed by atoms with Gasteiger partial charge >= 0.3 is 6.18 Å². The molecule has 0 aliphatic carbocycles. The van der Waals surface area contributed by atoms with Crippen molar-refractivity contribution in [2.24, 2.45) is 0 Å². The number of carbonyl (C=O) groups excluding carboxylic acids is 1. The Hall–Kier alpha value is -3.04. The number of rotatable bonds is 2. The molecule has 1 unspecified atom stereocenters. The molecule has 1 atom stereocenters. The molecule has 1 aliphatic rings. The average molecular weight is 410 g/mol. The van der Waals surface area contributed by atoms with Crippen molar-refractivity contribution in [2.45, 2.75) is 24.9 Å². The van der Waals surface area contributed by atoms with Gasteiger partial charge in [-0.1, -0.05) is 0 Å². The highest BCUT2D eigenvalue weighted by molar-refractivity contribution is 5.94. The molecule has 3 heterocycles. The number of likely N-dealkylation sites (tertiary alicyclic amines) is 1. The van der Waals surface area contributed by atoms with Crippen molar-refractivity contribution >= 4 is 11.6 Å². The number of nitrogens with zero attached hydrogens (tertiary/aromatic N) is 4. The van der Waals surface area contributed by atoms with E-state index < -0.39 is 29.3 Å². The predicted molar refractivity (Wildman–Crippen MR) is 92.2 cm³/mol. The van der Waals surface area contributed by atoms with Crippen molar-refractivity contribution < 1.29 is 26.7 Å². The minimum absolute atomic E-state index is 0.117. The minimum Gasteiger partial charge on any atom is -0.338 e. The van der Waals surface area contributed by atoms with Gasteiger partial charge in [0.15, 0.2) is 5.65 Å². The number of aromatic nitrogens is 3. The molecule has 1 aromatic carbocycles. The van der Waals surface area contributed by atoms with E-state index >= 15 is 0 Å². The van der Waals surface area contributed by atoms with Crippen molar-refractivity contribution in [2.75, 3.05) is 13.1 Å². The standard InChI is InChI=1S/C19H15F5N4O/c20-14-6-12(7-15(21)8-14)18(29)27-5-1-2-11(9-27)17-26-25-16-4-3-13(10-28(16)17)19(22,23)24/h3-4,6-8,10-11H,1-2,5,9H2. The van der Waals surface area contributed by atoms with Gasteiger partial charge in [0.05, 0.1) is 5.56 Å². The van der Waals surface area contributed by atoms with E-state index in [0.717, 1.165) is 24.4 Å². The highest BCUT2D eigenvalue weighted by Gasteiger charge is 2.33. The number of fused-ring (bicyclic) bond motifs is 1. The van der Waals surface area contributed by atoms with E-state index in [4.69, 9.17) is 0 Å². The van der Waals surface area contributed by atoms with E-state index in [9.17, 15) is 26.7 Å². The molecule has 10 heteroatoms. The molecule has 3 aromatic rings. The van der Waals surface area contributed by atoms with E-state index in [-0.39, 0.29) is 23.7 Å².